The van der Waals surface area contributed by atoms with Crippen molar-refractivity contribution in [2.24, 2.45) is 0 Å². The lowest BCUT2D eigenvalue weighted by Gasteiger charge is -2.26. The van der Waals surface area contributed by atoms with Crippen LogP contribution in [-0.2, 0) is 20.5 Å². The van der Waals surface area contributed by atoms with E-state index < -0.39 is 11.5 Å². The van der Waals surface area contributed by atoms with E-state index in [1.54, 1.807) is 37.3 Å². The van der Waals surface area contributed by atoms with Gasteiger partial charge >= 0.3 is 5.97 Å². The third kappa shape index (κ3) is 6.62. The van der Waals surface area contributed by atoms with Gasteiger partial charge in [0.25, 0.3) is 5.56 Å². The van der Waals surface area contributed by atoms with Crippen LogP contribution in [-0.4, -0.2) is 35.2 Å². The monoisotopic (exact) mass is 632 g/mol. The average Bonchev–Trinajstić information content (AvgIpc) is 3.04. The molecule has 1 aliphatic carbocycles. The second kappa shape index (κ2) is 14.7. The van der Waals surface area contributed by atoms with E-state index in [1.807, 2.05) is 18.2 Å². The Balaban J connectivity index is 1.78. The molecular weight excluding hydrogens is 596 g/mol. The molecule has 0 saturated carbocycles. The molecule has 0 atom stereocenters. The van der Waals surface area contributed by atoms with Crippen LogP contribution in [0, 0.1) is 0 Å². The molecule has 4 aromatic rings. The second-order valence-electron chi connectivity index (χ2n) is 10.7. The highest BCUT2D eigenvalue weighted by atomic mass is 32.2. The summed E-state index contributed by atoms with van der Waals surface area (Å²) in [6.07, 6.45) is 5.63. The molecule has 0 bridgehead atoms. The first-order valence-electron chi connectivity index (χ1n) is 15.2. The van der Waals surface area contributed by atoms with Crippen LogP contribution in [0.2, 0.25) is 0 Å². The minimum absolute atomic E-state index is 0.0743. The predicted octanol–water partition coefficient (Wildman–Crippen LogP) is 8.00. The summed E-state index contributed by atoms with van der Waals surface area (Å²) >= 11 is 0.815. The fourth-order valence-corrected chi connectivity index (χ4v) is 6.11. The summed E-state index contributed by atoms with van der Waals surface area (Å²) in [5.74, 6) is -0.706. The molecule has 0 aliphatic heterocycles. The van der Waals surface area contributed by atoms with Gasteiger partial charge < -0.3 is 19.8 Å². The Kier molecular flexibility index (Phi) is 10.6. The minimum atomic E-state index is -0.781. The molecule has 0 radical (unpaired) electrons. The number of hydrogen-bond acceptors (Lipinski definition) is 10. The summed E-state index contributed by atoms with van der Waals surface area (Å²) in [7, 11) is 0. The molecule has 0 amide bonds. The number of aryl methyl sites for hydroxylation is 1. The number of carbonyl (C=O) groups is 2. The molecule has 10 nitrogen and oxygen atoms in total. The van der Waals surface area contributed by atoms with E-state index in [4.69, 9.17) is 19.1 Å². The molecule has 0 fully saturated rings. The Morgan fingerprint density at radius 2 is 1.71 bits per heavy atom. The molecule has 5 rings (SSSR count). The fourth-order valence-electron chi connectivity index (χ4n) is 5.60. The van der Waals surface area contributed by atoms with Crippen molar-refractivity contribution in [1.29, 1.82) is 0 Å². The van der Waals surface area contributed by atoms with Crippen molar-refractivity contribution >= 4 is 46.1 Å². The number of H-pyrrole nitrogens is 1. The molecule has 236 valence electrons. The summed E-state index contributed by atoms with van der Waals surface area (Å²) in [5, 5.41) is 16.5. The Labute approximate surface area is 265 Å². The Bertz CT molecular complexity index is 1780. The first-order chi connectivity index (χ1) is 21.9. The number of ether oxygens (including phenoxy) is 2. The van der Waals surface area contributed by atoms with Gasteiger partial charge in [0, 0.05) is 22.6 Å². The summed E-state index contributed by atoms with van der Waals surface area (Å²) in [4.78, 5) is 44.5. The number of carbonyl (C=O) groups excluding carboxylic acids is 2. The molecule has 0 unspecified atom stereocenters. The molecule has 3 aromatic carbocycles. The summed E-state index contributed by atoms with van der Waals surface area (Å²) in [6, 6.07) is 14.4. The van der Waals surface area contributed by atoms with E-state index in [2.05, 4.69) is 29.2 Å². The maximum atomic E-state index is 14.3. The number of fused-ring (bicyclic) bond motifs is 2. The van der Waals surface area contributed by atoms with Crippen molar-refractivity contribution < 1.29 is 33.7 Å². The lowest BCUT2D eigenvalue weighted by molar-refractivity contribution is -0.432. The number of rotatable bonds is 15. The number of benzene rings is 3. The number of nitrogens with one attached hydrogen (secondary N) is 2. The van der Waals surface area contributed by atoms with Crippen molar-refractivity contribution in [3.05, 3.63) is 81.1 Å². The third-order valence-electron chi connectivity index (χ3n) is 7.70. The molecule has 1 aromatic heterocycles. The van der Waals surface area contributed by atoms with Crippen molar-refractivity contribution in [2.45, 2.75) is 64.2 Å². The normalized spacial score (nSPS) is 11.9. The molecular formula is C34H36N2O8S. The zero-order valence-corrected chi connectivity index (χ0v) is 26.3. The molecule has 1 heterocycles. The van der Waals surface area contributed by atoms with E-state index in [0.29, 0.717) is 56.2 Å². The maximum Gasteiger partial charge on any atom is 0.344 e. The van der Waals surface area contributed by atoms with Gasteiger partial charge in [-0.15, -0.1) is 4.33 Å². The van der Waals surface area contributed by atoms with E-state index in [0.717, 1.165) is 56.1 Å². The minimum Gasteiger partial charge on any atom is -0.491 e. The van der Waals surface area contributed by atoms with Gasteiger partial charge in [-0.2, -0.15) is 0 Å². The van der Waals surface area contributed by atoms with Crippen LogP contribution >= 0.6 is 12.0 Å². The number of aromatic amines is 1. The highest BCUT2D eigenvalue weighted by molar-refractivity contribution is 7.94. The Morgan fingerprint density at radius 3 is 2.44 bits per heavy atom. The van der Waals surface area contributed by atoms with Gasteiger partial charge in [-0.25, -0.2) is 10.1 Å². The van der Waals surface area contributed by atoms with Gasteiger partial charge in [-0.05, 0) is 49.4 Å². The largest absolute Gasteiger partial charge is 0.491 e. The average molecular weight is 633 g/mol. The van der Waals surface area contributed by atoms with Crippen LogP contribution in [0.25, 0.3) is 22.0 Å². The van der Waals surface area contributed by atoms with Crippen LogP contribution in [0.4, 0.5) is 11.4 Å². The molecule has 3 N–H and O–H groups in total. The topological polar surface area (TPSA) is 136 Å². The smallest absolute Gasteiger partial charge is 0.344 e. The van der Waals surface area contributed by atoms with E-state index >= 15 is 0 Å². The Morgan fingerprint density at radius 1 is 0.933 bits per heavy atom. The van der Waals surface area contributed by atoms with Crippen LogP contribution in [0.15, 0.2) is 58.2 Å². The lowest BCUT2D eigenvalue weighted by atomic mass is 9.81. The molecule has 11 heteroatoms. The van der Waals surface area contributed by atoms with E-state index in [9.17, 15) is 14.4 Å². The van der Waals surface area contributed by atoms with Gasteiger partial charge in [0.2, 0.25) is 0 Å². The number of esters is 1. The molecule has 45 heavy (non-hydrogen) atoms. The number of aromatic nitrogens is 1. The number of ketones is 1. The van der Waals surface area contributed by atoms with Gasteiger partial charge in [0.15, 0.2) is 5.78 Å². The third-order valence-corrected chi connectivity index (χ3v) is 8.34. The quantitative estimate of drug-likeness (QED) is 0.0342. The maximum absolute atomic E-state index is 14.3. The van der Waals surface area contributed by atoms with Gasteiger partial charge in [-0.1, -0.05) is 68.5 Å². The van der Waals surface area contributed by atoms with Crippen molar-refractivity contribution in [1.82, 2.24) is 4.98 Å². The van der Waals surface area contributed by atoms with Crippen LogP contribution < -0.4 is 15.6 Å². The van der Waals surface area contributed by atoms with Crippen LogP contribution in [0.3, 0.4) is 0 Å². The number of pyridine rings is 1. The highest BCUT2D eigenvalue weighted by Crippen LogP contribution is 2.47. The van der Waals surface area contributed by atoms with Crippen molar-refractivity contribution in [3.8, 4) is 16.9 Å². The fraction of sp³-hybridized carbons (Fsp3) is 0.324. The van der Waals surface area contributed by atoms with Gasteiger partial charge in [0.1, 0.15) is 11.3 Å². The van der Waals surface area contributed by atoms with Crippen molar-refractivity contribution in [3.63, 3.8) is 0 Å². The summed E-state index contributed by atoms with van der Waals surface area (Å²) in [5.41, 5.74) is 2.97. The zero-order chi connectivity index (χ0) is 31.9. The zero-order valence-electron chi connectivity index (χ0n) is 25.5. The number of anilines is 2. The highest BCUT2D eigenvalue weighted by Gasteiger charge is 2.35. The van der Waals surface area contributed by atoms with E-state index in [1.165, 1.54) is 0 Å². The van der Waals surface area contributed by atoms with Crippen molar-refractivity contribution in [2.75, 3.05) is 18.5 Å². The molecule has 0 saturated heterocycles. The van der Waals surface area contributed by atoms with E-state index in [-0.39, 0.29) is 23.5 Å². The molecule has 1 aliphatic rings. The van der Waals surface area contributed by atoms with Gasteiger partial charge in [-0.3, -0.25) is 9.59 Å². The summed E-state index contributed by atoms with van der Waals surface area (Å²) in [6.45, 7) is 6.34. The summed E-state index contributed by atoms with van der Waals surface area (Å²) < 4.78 is 16.4. The standard InChI is InChI=1S/C34H36N2O8S/c1-4-7-11-17-42-25-19-24(35-23-16-15-20(12-8-5-2)18-26(23)45-44-43-40)28-29-27(21-13-9-10-14-22(21)32(28)37)30(34(39)41-6-3)33(38)36-31(25)29/h9-10,13-16,18-19,35,40H,4-8,11-12,17H2,1-3H3,(H,36,38). The number of hydrogen-bond donors (Lipinski definition) is 3. The van der Waals surface area contributed by atoms with Crippen LogP contribution in [0.1, 0.15) is 84.7 Å². The predicted molar refractivity (Wildman–Crippen MR) is 173 cm³/mol. The lowest BCUT2D eigenvalue weighted by Crippen LogP contribution is -2.25. The first kappa shape index (κ1) is 32.2. The first-order valence-corrected chi connectivity index (χ1v) is 15.9. The molecule has 0 spiro atoms. The number of unbranched alkanes of at least 4 members (excludes halogenated alkanes) is 3. The second-order valence-corrected chi connectivity index (χ2v) is 11.4. The Hall–Kier alpha value is -4.16. The van der Waals surface area contributed by atoms with Crippen LogP contribution in [0.5, 0.6) is 5.75 Å². The SMILES string of the molecule is CCCCCOc1cc(Nc2ccc(CCCC)cc2SOOO)c2c3c(c(C(=O)OCC)c(=O)[nH]c13)-c1ccccc1C2=O. The van der Waals surface area contributed by atoms with Gasteiger partial charge in [0.05, 0.1) is 52.6 Å².